The molecule has 2 aromatic rings. The van der Waals surface area contributed by atoms with E-state index in [1.54, 1.807) is 12.1 Å². The number of rotatable bonds is 4. The predicted octanol–water partition coefficient (Wildman–Crippen LogP) is 5.77. The van der Waals surface area contributed by atoms with E-state index in [1.807, 2.05) is 30.3 Å². The van der Waals surface area contributed by atoms with Crippen molar-refractivity contribution in [1.82, 2.24) is 0 Å². The Morgan fingerprint density at radius 3 is 2.26 bits per heavy atom. The molecule has 0 aliphatic heterocycles. The normalized spacial score (nSPS) is 10.3. The van der Waals surface area contributed by atoms with Gasteiger partial charge in [-0.25, -0.2) is 0 Å². The molecule has 19 heavy (non-hydrogen) atoms. The summed E-state index contributed by atoms with van der Waals surface area (Å²) in [5.74, 6) is 0. The fourth-order valence-corrected chi connectivity index (χ4v) is 2.25. The summed E-state index contributed by atoms with van der Waals surface area (Å²) in [7, 11) is 0. The topological polar surface area (TPSA) is 12.0 Å². The smallest absolute Gasteiger partial charge is 0.0653 e. The van der Waals surface area contributed by atoms with E-state index in [2.05, 4.69) is 11.9 Å². The SMILES string of the molecule is C=C(CNc1cc(Cl)c(Cl)cc1Cl)c1ccccc1. The van der Waals surface area contributed by atoms with E-state index in [-0.39, 0.29) is 0 Å². The van der Waals surface area contributed by atoms with Gasteiger partial charge in [0.05, 0.1) is 20.8 Å². The van der Waals surface area contributed by atoms with Crippen LogP contribution in [-0.4, -0.2) is 6.54 Å². The average Bonchev–Trinajstić information content (AvgIpc) is 2.42. The van der Waals surface area contributed by atoms with Crippen molar-refractivity contribution in [2.75, 3.05) is 11.9 Å². The molecule has 1 nitrogen and oxygen atoms in total. The van der Waals surface area contributed by atoms with Gasteiger partial charge in [-0.15, -0.1) is 0 Å². The first kappa shape index (κ1) is 14.3. The highest BCUT2D eigenvalue weighted by Gasteiger charge is 2.06. The van der Waals surface area contributed by atoms with Gasteiger partial charge in [0.1, 0.15) is 0 Å². The fourth-order valence-electron chi connectivity index (χ4n) is 1.64. The molecule has 0 aliphatic carbocycles. The third kappa shape index (κ3) is 3.66. The van der Waals surface area contributed by atoms with Crippen LogP contribution in [0.2, 0.25) is 15.1 Å². The minimum atomic E-state index is 0.444. The lowest BCUT2D eigenvalue weighted by Gasteiger charge is -2.11. The number of hydrogen-bond acceptors (Lipinski definition) is 1. The van der Waals surface area contributed by atoms with Gasteiger partial charge in [-0.1, -0.05) is 71.7 Å². The minimum Gasteiger partial charge on any atom is -0.380 e. The summed E-state index contributed by atoms with van der Waals surface area (Å²) in [5, 5.41) is 4.66. The molecule has 1 N–H and O–H groups in total. The van der Waals surface area contributed by atoms with Gasteiger partial charge >= 0.3 is 0 Å². The molecule has 0 aliphatic rings. The van der Waals surface area contributed by atoms with Gasteiger partial charge in [0, 0.05) is 6.54 Å². The third-order valence-electron chi connectivity index (χ3n) is 2.68. The fraction of sp³-hybridized carbons (Fsp3) is 0.0667. The van der Waals surface area contributed by atoms with E-state index >= 15 is 0 Å². The van der Waals surface area contributed by atoms with Crippen LogP contribution in [-0.2, 0) is 0 Å². The molecule has 2 rings (SSSR count). The summed E-state index contributed by atoms with van der Waals surface area (Å²) in [5.41, 5.74) is 2.81. The maximum atomic E-state index is 6.10. The van der Waals surface area contributed by atoms with Crippen LogP contribution in [0.3, 0.4) is 0 Å². The Hall–Kier alpha value is -1.15. The number of nitrogens with one attached hydrogen (secondary N) is 1. The second kappa shape index (κ2) is 6.33. The molecule has 0 fully saturated rings. The Kier molecular flexibility index (Phi) is 4.76. The van der Waals surface area contributed by atoms with Gasteiger partial charge in [-0.2, -0.15) is 0 Å². The predicted molar refractivity (Wildman–Crippen MR) is 85.4 cm³/mol. The molecule has 0 unspecified atom stereocenters. The molecule has 0 heterocycles. The summed E-state index contributed by atoms with van der Waals surface area (Å²) in [6, 6.07) is 13.3. The molecule has 0 bridgehead atoms. The lowest BCUT2D eigenvalue weighted by Crippen LogP contribution is -2.04. The third-order valence-corrected chi connectivity index (χ3v) is 3.72. The second-order valence-electron chi connectivity index (χ2n) is 4.07. The van der Waals surface area contributed by atoms with Gasteiger partial charge < -0.3 is 5.32 Å². The quantitative estimate of drug-likeness (QED) is 0.706. The van der Waals surface area contributed by atoms with Crippen molar-refractivity contribution in [3.8, 4) is 0 Å². The Labute approximate surface area is 127 Å². The summed E-state index contributed by atoms with van der Waals surface area (Å²) < 4.78 is 0. The average molecular weight is 313 g/mol. The van der Waals surface area contributed by atoms with Crippen molar-refractivity contribution >= 4 is 46.1 Å². The van der Waals surface area contributed by atoms with E-state index in [1.165, 1.54) is 0 Å². The Bertz CT molecular complexity index is 594. The minimum absolute atomic E-state index is 0.444. The summed E-state index contributed by atoms with van der Waals surface area (Å²) in [4.78, 5) is 0. The number of hydrogen-bond donors (Lipinski definition) is 1. The molecule has 98 valence electrons. The van der Waals surface area contributed by atoms with Crippen molar-refractivity contribution in [3.63, 3.8) is 0 Å². The van der Waals surface area contributed by atoms with Gasteiger partial charge in [0.2, 0.25) is 0 Å². The van der Waals surface area contributed by atoms with Gasteiger partial charge in [-0.3, -0.25) is 0 Å². The van der Waals surface area contributed by atoms with E-state index in [0.29, 0.717) is 21.6 Å². The molecule has 0 saturated heterocycles. The molecular formula is C15H12Cl3N. The number of anilines is 1. The van der Waals surface area contributed by atoms with Crippen LogP contribution in [0.1, 0.15) is 5.56 Å². The van der Waals surface area contributed by atoms with Crippen LogP contribution in [0.4, 0.5) is 5.69 Å². The zero-order chi connectivity index (χ0) is 13.8. The van der Waals surface area contributed by atoms with E-state index in [9.17, 15) is 0 Å². The van der Waals surface area contributed by atoms with Crippen molar-refractivity contribution < 1.29 is 0 Å². The van der Waals surface area contributed by atoms with E-state index < -0.39 is 0 Å². The molecule has 2 aromatic carbocycles. The second-order valence-corrected chi connectivity index (χ2v) is 5.29. The standard InChI is InChI=1S/C15H12Cl3N/c1-10(11-5-3-2-4-6-11)9-19-15-8-13(17)12(16)7-14(15)18/h2-8,19H,1,9H2. The van der Waals surface area contributed by atoms with Crippen LogP contribution in [0.25, 0.3) is 5.57 Å². The molecular weight excluding hydrogens is 301 g/mol. The monoisotopic (exact) mass is 311 g/mol. The summed E-state index contributed by atoms with van der Waals surface area (Å²) in [6.45, 7) is 4.63. The van der Waals surface area contributed by atoms with Gasteiger partial charge in [0.25, 0.3) is 0 Å². The Morgan fingerprint density at radius 1 is 0.947 bits per heavy atom. The lowest BCUT2D eigenvalue weighted by molar-refractivity contribution is 1.34. The first-order valence-corrected chi connectivity index (χ1v) is 6.83. The van der Waals surface area contributed by atoms with Gasteiger partial charge in [0.15, 0.2) is 0 Å². The molecule has 4 heteroatoms. The Balaban J connectivity index is 2.07. The zero-order valence-corrected chi connectivity index (χ0v) is 12.4. The van der Waals surface area contributed by atoms with E-state index in [0.717, 1.165) is 16.8 Å². The van der Waals surface area contributed by atoms with Gasteiger partial charge in [-0.05, 0) is 23.3 Å². The highest BCUT2D eigenvalue weighted by molar-refractivity contribution is 6.44. The van der Waals surface area contributed by atoms with Crippen LogP contribution in [0.5, 0.6) is 0 Å². The molecule has 0 amide bonds. The highest BCUT2D eigenvalue weighted by atomic mass is 35.5. The Morgan fingerprint density at radius 2 is 1.58 bits per heavy atom. The molecule has 0 saturated carbocycles. The molecule has 0 aromatic heterocycles. The maximum Gasteiger partial charge on any atom is 0.0653 e. The van der Waals surface area contributed by atoms with E-state index in [4.69, 9.17) is 34.8 Å². The van der Waals surface area contributed by atoms with Crippen LogP contribution in [0.15, 0.2) is 49.0 Å². The maximum absolute atomic E-state index is 6.10. The molecule has 0 spiro atoms. The lowest BCUT2D eigenvalue weighted by atomic mass is 10.1. The first-order valence-electron chi connectivity index (χ1n) is 5.69. The van der Waals surface area contributed by atoms with Crippen molar-refractivity contribution in [2.45, 2.75) is 0 Å². The summed E-state index contributed by atoms with van der Waals surface area (Å²) in [6.07, 6.45) is 0. The number of halogens is 3. The largest absolute Gasteiger partial charge is 0.380 e. The highest BCUT2D eigenvalue weighted by Crippen LogP contribution is 2.32. The first-order chi connectivity index (χ1) is 9.08. The molecule has 0 atom stereocenters. The number of benzene rings is 2. The van der Waals surface area contributed by atoms with Crippen molar-refractivity contribution in [1.29, 1.82) is 0 Å². The van der Waals surface area contributed by atoms with Crippen LogP contribution >= 0.6 is 34.8 Å². The van der Waals surface area contributed by atoms with Crippen molar-refractivity contribution in [2.24, 2.45) is 0 Å². The molecule has 0 radical (unpaired) electrons. The van der Waals surface area contributed by atoms with Crippen LogP contribution < -0.4 is 5.32 Å². The summed E-state index contributed by atoms with van der Waals surface area (Å²) >= 11 is 17.9. The zero-order valence-electron chi connectivity index (χ0n) is 10.1. The van der Waals surface area contributed by atoms with Crippen molar-refractivity contribution in [3.05, 3.63) is 69.7 Å². The van der Waals surface area contributed by atoms with Crippen LogP contribution in [0, 0.1) is 0 Å².